The quantitative estimate of drug-likeness (QED) is 0.450. The van der Waals surface area contributed by atoms with Gasteiger partial charge in [-0.05, 0) is 43.4 Å². The first-order valence-electron chi connectivity index (χ1n) is 9.53. The molecule has 0 unspecified atom stereocenters. The smallest absolute Gasteiger partial charge is 0.269 e. The van der Waals surface area contributed by atoms with Gasteiger partial charge in [-0.1, -0.05) is 12.1 Å². The van der Waals surface area contributed by atoms with Gasteiger partial charge in [0.05, 0.1) is 5.69 Å². The monoisotopic (exact) mass is 416 g/mol. The minimum atomic E-state index is -4.09. The highest BCUT2D eigenvalue weighted by molar-refractivity contribution is 7.85. The molecule has 1 aliphatic rings. The van der Waals surface area contributed by atoms with Crippen LogP contribution >= 0.6 is 0 Å². The summed E-state index contributed by atoms with van der Waals surface area (Å²) in [6.45, 7) is 0. The third-order valence-electron chi connectivity index (χ3n) is 5.04. The van der Waals surface area contributed by atoms with E-state index < -0.39 is 15.9 Å². The van der Waals surface area contributed by atoms with Crippen molar-refractivity contribution in [1.29, 1.82) is 0 Å². The maximum Gasteiger partial charge on any atom is 0.269 e. The molecule has 5 N–H and O–H groups in total. The molecule has 3 aromatic rings. The van der Waals surface area contributed by atoms with E-state index in [1.54, 1.807) is 35.1 Å². The van der Waals surface area contributed by atoms with Gasteiger partial charge in [0.2, 0.25) is 0 Å². The highest BCUT2D eigenvalue weighted by Crippen LogP contribution is 2.26. The summed E-state index contributed by atoms with van der Waals surface area (Å²) in [7, 11) is -4.09. The molecular formula is C19H24N6O3S. The van der Waals surface area contributed by atoms with Crippen LogP contribution in [0.25, 0.3) is 5.65 Å². The van der Waals surface area contributed by atoms with E-state index >= 15 is 0 Å². The van der Waals surface area contributed by atoms with Gasteiger partial charge in [0, 0.05) is 36.2 Å². The Bertz CT molecular complexity index is 1110. The second-order valence-corrected chi connectivity index (χ2v) is 8.90. The highest BCUT2D eigenvalue weighted by atomic mass is 32.2. The van der Waals surface area contributed by atoms with Crippen LogP contribution in [0.5, 0.6) is 0 Å². The minimum Gasteiger partial charge on any atom is -0.366 e. The van der Waals surface area contributed by atoms with Crippen molar-refractivity contribution in [2.75, 3.05) is 10.6 Å². The topological polar surface area (TPSA) is 135 Å². The van der Waals surface area contributed by atoms with Crippen molar-refractivity contribution < 1.29 is 13.0 Å². The number of anilines is 3. The van der Waals surface area contributed by atoms with E-state index in [0.29, 0.717) is 22.9 Å². The second-order valence-electron chi connectivity index (χ2n) is 7.45. The lowest BCUT2D eigenvalue weighted by atomic mass is 9.92. The van der Waals surface area contributed by atoms with Gasteiger partial charge in [-0.15, -0.1) is 5.10 Å². The Hall–Kier alpha value is -2.69. The first-order chi connectivity index (χ1) is 13.9. The minimum absolute atomic E-state index is 0.282. The van der Waals surface area contributed by atoms with Crippen LogP contribution in [0, 0.1) is 0 Å². The number of benzene rings is 1. The predicted octanol–water partition coefficient (Wildman–Crippen LogP) is 2.54. The molecule has 10 heteroatoms. The molecule has 0 amide bonds. The predicted molar refractivity (Wildman–Crippen MR) is 112 cm³/mol. The molecule has 4 rings (SSSR count). The molecule has 2 aromatic heterocycles. The molecule has 1 aromatic carbocycles. The number of hydrogen-bond acceptors (Lipinski definition) is 7. The summed E-state index contributed by atoms with van der Waals surface area (Å²) in [5, 5.41) is 11.3. The van der Waals surface area contributed by atoms with Crippen LogP contribution in [0.1, 0.15) is 31.2 Å². The van der Waals surface area contributed by atoms with Crippen LogP contribution in [0.2, 0.25) is 0 Å². The summed E-state index contributed by atoms with van der Waals surface area (Å²) in [4.78, 5) is 4.35. The highest BCUT2D eigenvalue weighted by Gasteiger charge is 2.19. The van der Waals surface area contributed by atoms with Crippen LogP contribution < -0.4 is 16.4 Å². The van der Waals surface area contributed by atoms with Gasteiger partial charge in [0.25, 0.3) is 10.1 Å². The molecule has 0 bridgehead atoms. The second kappa shape index (κ2) is 7.97. The van der Waals surface area contributed by atoms with E-state index in [1.165, 1.54) is 0 Å². The van der Waals surface area contributed by atoms with Crippen LogP contribution in [-0.2, 0) is 15.9 Å². The maximum atomic E-state index is 11.2. The van der Waals surface area contributed by atoms with Gasteiger partial charge >= 0.3 is 0 Å². The Morgan fingerprint density at radius 1 is 1.21 bits per heavy atom. The Balaban J connectivity index is 1.58. The van der Waals surface area contributed by atoms with Crippen molar-refractivity contribution in [3.8, 4) is 0 Å². The van der Waals surface area contributed by atoms with Crippen molar-refractivity contribution >= 4 is 33.0 Å². The lowest BCUT2D eigenvalue weighted by Gasteiger charge is -2.27. The Kier molecular flexibility index (Phi) is 5.39. The van der Waals surface area contributed by atoms with Crippen molar-refractivity contribution in [2.45, 2.75) is 43.5 Å². The number of rotatable bonds is 6. The Labute approximate surface area is 169 Å². The Morgan fingerprint density at radius 3 is 2.76 bits per heavy atom. The van der Waals surface area contributed by atoms with E-state index in [0.717, 1.165) is 37.2 Å². The van der Waals surface area contributed by atoms with Crippen molar-refractivity contribution in [3.63, 3.8) is 0 Å². The standard InChI is InChI=1S/C19H24N6O3S/c20-14-4-6-15(7-5-14)23-18-11-17(19-21-8-9-25(19)24-18)22-16-3-1-2-13(10-16)12-29(26,27)28/h1-3,8-11,14-15,22H,4-7,12,20H2,(H,23,24)(H,26,27,28). The van der Waals surface area contributed by atoms with Crippen LogP contribution in [0.3, 0.4) is 0 Å². The summed E-state index contributed by atoms with van der Waals surface area (Å²) in [6, 6.07) is 9.39. The number of nitrogens with two attached hydrogens (primary N) is 1. The van der Waals surface area contributed by atoms with Gasteiger partial charge in [-0.25, -0.2) is 9.50 Å². The van der Waals surface area contributed by atoms with Crippen molar-refractivity contribution in [1.82, 2.24) is 14.6 Å². The van der Waals surface area contributed by atoms with Gasteiger partial charge in [0.15, 0.2) is 5.65 Å². The van der Waals surface area contributed by atoms with E-state index in [2.05, 4.69) is 20.7 Å². The number of fused-ring (bicyclic) bond motifs is 1. The third kappa shape index (κ3) is 5.03. The normalized spacial score (nSPS) is 19.9. The summed E-state index contributed by atoms with van der Waals surface area (Å²) >= 11 is 0. The number of nitrogens with one attached hydrogen (secondary N) is 2. The molecule has 0 saturated heterocycles. The largest absolute Gasteiger partial charge is 0.366 e. The molecule has 1 fully saturated rings. The number of imidazole rings is 1. The number of hydrogen-bond donors (Lipinski definition) is 4. The summed E-state index contributed by atoms with van der Waals surface area (Å²) in [5.74, 6) is 0.293. The molecule has 1 saturated carbocycles. The van der Waals surface area contributed by atoms with Crippen LogP contribution in [-0.4, -0.2) is 39.7 Å². The van der Waals surface area contributed by atoms with E-state index in [-0.39, 0.29) is 6.04 Å². The molecule has 2 heterocycles. The van der Waals surface area contributed by atoms with Gasteiger partial charge in [-0.2, -0.15) is 8.42 Å². The number of nitrogens with zero attached hydrogens (tertiary/aromatic N) is 3. The Morgan fingerprint density at radius 2 is 2.00 bits per heavy atom. The average Bonchev–Trinajstić information content (AvgIpc) is 3.11. The van der Waals surface area contributed by atoms with Crippen molar-refractivity contribution in [3.05, 3.63) is 48.3 Å². The molecule has 1 aliphatic carbocycles. The fourth-order valence-electron chi connectivity index (χ4n) is 3.66. The van der Waals surface area contributed by atoms with Crippen molar-refractivity contribution in [2.24, 2.45) is 5.73 Å². The SMILES string of the molecule is NC1CCC(Nc2cc(Nc3cccc(CS(=O)(=O)O)c3)c3nccn3n2)CC1. The zero-order valence-electron chi connectivity index (χ0n) is 15.8. The first kappa shape index (κ1) is 19.6. The summed E-state index contributed by atoms with van der Waals surface area (Å²) < 4.78 is 33.1. The summed E-state index contributed by atoms with van der Waals surface area (Å²) in [5.41, 5.74) is 8.57. The summed E-state index contributed by atoms with van der Waals surface area (Å²) in [6.07, 6.45) is 7.45. The molecule has 0 radical (unpaired) electrons. The fourth-order valence-corrected chi connectivity index (χ4v) is 4.26. The molecule has 0 aliphatic heterocycles. The van der Waals surface area contributed by atoms with E-state index in [9.17, 15) is 8.42 Å². The molecule has 9 nitrogen and oxygen atoms in total. The van der Waals surface area contributed by atoms with E-state index in [4.69, 9.17) is 10.3 Å². The number of aromatic nitrogens is 3. The zero-order valence-corrected chi connectivity index (χ0v) is 16.6. The molecule has 154 valence electrons. The fraction of sp³-hybridized carbons (Fsp3) is 0.368. The van der Waals surface area contributed by atoms with Gasteiger partial charge < -0.3 is 16.4 Å². The lowest BCUT2D eigenvalue weighted by Crippen LogP contribution is -2.33. The zero-order chi connectivity index (χ0) is 20.4. The molecule has 0 spiro atoms. The lowest BCUT2D eigenvalue weighted by molar-refractivity contribution is 0.410. The van der Waals surface area contributed by atoms with Gasteiger partial charge in [-0.3, -0.25) is 4.55 Å². The van der Waals surface area contributed by atoms with Crippen LogP contribution in [0.4, 0.5) is 17.2 Å². The maximum absolute atomic E-state index is 11.2. The van der Waals surface area contributed by atoms with Crippen LogP contribution in [0.15, 0.2) is 42.7 Å². The van der Waals surface area contributed by atoms with E-state index in [1.807, 2.05) is 12.1 Å². The average molecular weight is 417 g/mol. The van der Waals surface area contributed by atoms with Gasteiger partial charge in [0.1, 0.15) is 11.6 Å². The molecule has 29 heavy (non-hydrogen) atoms. The first-order valence-corrected chi connectivity index (χ1v) is 11.1. The molecule has 0 atom stereocenters. The third-order valence-corrected chi connectivity index (χ3v) is 5.74. The molecular weight excluding hydrogens is 392 g/mol.